The van der Waals surface area contributed by atoms with E-state index in [1.807, 2.05) is 24.3 Å². The van der Waals surface area contributed by atoms with Crippen molar-refractivity contribution in [2.45, 2.75) is 20.3 Å². The van der Waals surface area contributed by atoms with Crippen molar-refractivity contribution in [1.82, 2.24) is 4.98 Å². The number of aromatic nitrogens is 1. The van der Waals surface area contributed by atoms with E-state index in [4.69, 9.17) is 4.74 Å². The third-order valence-electron chi connectivity index (χ3n) is 2.76. The number of carbonyl (C=O) groups excluding carboxylic acids is 2. The molecule has 0 aliphatic carbocycles. The third-order valence-corrected chi connectivity index (χ3v) is 4.69. The van der Waals surface area contributed by atoms with Crippen LogP contribution in [0.25, 0.3) is 0 Å². The predicted molar refractivity (Wildman–Crippen MR) is 85.0 cm³/mol. The van der Waals surface area contributed by atoms with Gasteiger partial charge in [-0.2, -0.15) is 0 Å². The lowest BCUT2D eigenvalue weighted by atomic mass is 10.2. The Labute approximate surface area is 135 Å². The molecule has 0 saturated heterocycles. The Morgan fingerprint density at radius 1 is 1.33 bits per heavy atom. The van der Waals surface area contributed by atoms with Crippen molar-refractivity contribution in [3.05, 3.63) is 49.9 Å². The lowest BCUT2D eigenvalue weighted by molar-refractivity contribution is 0.0517. The molecule has 1 heterocycles. The summed E-state index contributed by atoms with van der Waals surface area (Å²) >= 11 is 4.72. The molecule has 1 aromatic carbocycles. The quantitative estimate of drug-likeness (QED) is 0.594. The highest BCUT2D eigenvalue weighted by molar-refractivity contribution is 9.10. The molecule has 2 aromatic rings. The zero-order chi connectivity index (χ0) is 15.4. The summed E-state index contributed by atoms with van der Waals surface area (Å²) in [6, 6.07) is 7.79. The number of halogens is 1. The van der Waals surface area contributed by atoms with Crippen LogP contribution in [0.3, 0.4) is 0 Å². The number of benzene rings is 1. The molecular formula is C15H14BrNO3S. The zero-order valence-corrected chi connectivity index (χ0v) is 14.1. The summed E-state index contributed by atoms with van der Waals surface area (Å²) in [4.78, 5) is 28.2. The second kappa shape index (κ2) is 6.95. The van der Waals surface area contributed by atoms with Crippen molar-refractivity contribution in [2.24, 2.45) is 0 Å². The molecule has 0 amide bonds. The van der Waals surface area contributed by atoms with Crippen LogP contribution in [0.15, 0.2) is 28.7 Å². The van der Waals surface area contributed by atoms with E-state index < -0.39 is 5.97 Å². The monoisotopic (exact) mass is 367 g/mol. The minimum Gasteiger partial charge on any atom is -0.461 e. The SMILES string of the molecule is CCOC(=O)c1nc(Cc2ccccc2Br)sc1C(C)=O. The van der Waals surface area contributed by atoms with Gasteiger partial charge in [-0.3, -0.25) is 4.79 Å². The van der Waals surface area contributed by atoms with E-state index in [2.05, 4.69) is 20.9 Å². The highest BCUT2D eigenvalue weighted by atomic mass is 79.9. The molecule has 4 nitrogen and oxygen atoms in total. The molecule has 0 bridgehead atoms. The predicted octanol–water partition coefficient (Wildman–Crippen LogP) is 3.88. The molecule has 0 unspecified atom stereocenters. The molecular weight excluding hydrogens is 354 g/mol. The number of carbonyl (C=O) groups is 2. The fourth-order valence-corrected chi connectivity index (χ4v) is 3.22. The molecule has 0 atom stereocenters. The fraction of sp³-hybridized carbons (Fsp3) is 0.267. The van der Waals surface area contributed by atoms with E-state index in [0.717, 1.165) is 15.0 Å². The van der Waals surface area contributed by atoms with E-state index in [1.165, 1.54) is 18.3 Å². The van der Waals surface area contributed by atoms with Crippen LogP contribution in [0.2, 0.25) is 0 Å². The Morgan fingerprint density at radius 3 is 2.67 bits per heavy atom. The van der Waals surface area contributed by atoms with Crippen LogP contribution in [0.5, 0.6) is 0 Å². The van der Waals surface area contributed by atoms with E-state index in [-0.39, 0.29) is 18.1 Å². The number of esters is 1. The number of rotatable bonds is 5. The average Bonchev–Trinajstić information content (AvgIpc) is 2.86. The Hall–Kier alpha value is -1.53. The molecule has 21 heavy (non-hydrogen) atoms. The summed E-state index contributed by atoms with van der Waals surface area (Å²) in [7, 11) is 0. The number of ketones is 1. The maximum Gasteiger partial charge on any atom is 0.358 e. The minimum absolute atomic E-state index is 0.122. The van der Waals surface area contributed by atoms with Gasteiger partial charge in [-0.25, -0.2) is 9.78 Å². The Morgan fingerprint density at radius 2 is 2.05 bits per heavy atom. The second-order valence-corrected chi connectivity index (χ2v) is 6.27. The highest BCUT2D eigenvalue weighted by Crippen LogP contribution is 2.25. The van der Waals surface area contributed by atoms with E-state index in [1.54, 1.807) is 6.92 Å². The van der Waals surface area contributed by atoms with Gasteiger partial charge in [0.05, 0.1) is 11.6 Å². The number of nitrogens with zero attached hydrogens (tertiary/aromatic N) is 1. The van der Waals surface area contributed by atoms with Crippen molar-refractivity contribution < 1.29 is 14.3 Å². The summed E-state index contributed by atoms with van der Waals surface area (Å²) in [6.07, 6.45) is 0.561. The van der Waals surface area contributed by atoms with Crippen LogP contribution < -0.4 is 0 Å². The van der Waals surface area contributed by atoms with E-state index in [9.17, 15) is 9.59 Å². The van der Waals surface area contributed by atoms with E-state index >= 15 is 0 Å². The number of thiazole rings is 1. The topological polar surface area (TPSA) is 56.3 Å². The second-order valence-electron chi connectivity index (χ2n) is 4.33. The Bertz CT molecular complexity index is 681. The van der Waals surface area contributed by atoms with Crippen molar-refractivity contribution in [3.63, 3.8) is 0 Å². The first-order valence-corrected chi connectivity index (χ1v) is 8.05. The molecule has 6 heteroatoms. The summed E-state index contributed by atoms with van der Waals surface area (Å²) in [6.45, 7) is 3.41. The first kappa shape index (κ1) is 15.9. The van der Waals surface area contributed by atoms with Gasteiger partial charge in [0.1, 0.15) is 4.88 Å². The van der Waals surface area contributed by atoms with Gasteiger partial charge in [-0.05, 0) is 18.6 Å². The van der Waals surface area contributed by atoms with Crippen molar-refractivity contribution in [1.29, 1.82) is 0 Å². The Kier molecular flexibility index (Phi) is 5.25. The molecule has 0 N–H and O–H groups in total. The standard InChI is InChI=1S/C15H14BrNO3S/c1-3-20-15(19)13-14(9(2)18)21-12(17-13)8-10-6-4-5-7-11(10)16/h4-7H,3,8H2,1-2H3. The summed E-state index contributed by atoms with van der Waals surface area (Å²) in [5.74, 6) is -0.716. The first-order chi connectivity index (χ1) is 10.0. The summed E-state index contributed by atoms with van der Waals surface area (Å²) < 4.78 is 5.92. The van der Waals surface area contributed by atoms with Gasteiger partial charge in [0.25, 0.3) is 0 Å². The maximum atomic E-state index is 11.9. The summed E-state index contributed by atoms with van der Waals surface area (Å²) in [5, 5.41) is 0.718. The number of hydrogen-bond acceptors (Lipinski definition) is 5. The van der Waals surface area contributed by atoms with Gasteiger partial charge in [0, 0.05) is 17.8 Å². The minimum atomic E-state index is -0.544. The third kappa shape index (κ3) is 3.77. The number of Topliss-reactive ketones (excluding diaryl/α,β-unsaturated/α-hetero) is 1. The zero-order valence-electron chi connectivity index (χ0n) is 11.7. The van der Waals surface area contributed by atoms with Crippen LogP contribution >= 0.6 is 27.3 Å². The summed E-state index contributed by atoms with van der Waals surface area (Å²) in [5.41, 5.74) is 1.17. The smallest absolute Gasteiger partial charge is 0.358 e. The molecule has 0 aliphatic heterocycles. The molecule has 110 valence electrons. The molecule has 0 fully saturated rings. The average molecular weight is 368 g/mol. The van der Waals surface area contributed by atoms with Crippen molar-refractivity contribution in [3.8, 4) is 0 Å². The molecule has 2 rings (SSSR count). The molecule has 0 saturated carbocycles. The number of ether oxygens (including phenoxy) is 1. The fourth-order valence-electron chi connectivity index (χ4n) is 1.82. The van der Waals surface area contributed by atoms with Crippen LogP contribution in [0.1, 0.15) is 44.6 Å². The van der Waals surface area contributed by atoms with E-state index in [0.29, 0.717) is 11.3 Å². The van der Waals surface area contributed by atoms with Gasteiger partial charge in [-0.15, -0.1) is 11.3 Å². The van der Waals surface area contributed by atoms with Crippen LogP contribution in [0, 0.1) is 0 Å². The largest absolute Gasteiger partial charge is 0.461 e. The van der Waals surface area contributed by atoms with Gasteiger partial charge in [0.2, 0.25) is 0 Å². The molecule has 0 spiro atoms. The lowest BCUT2D eigenvalue weighted by Crippen LogP contribution is -2.09. The van der Waals surface area contributed by atoms with Gasteiger partial charge < -0.3 is 4.74 Å². The van der Waals surface area contributed by atoms with Crippen LogP contribution in [0.4, 0.5) is 0 Å². The molecule has 0 radical (unpaired) electrons. The van der Waals surface area contributed by atoms with Gasteiger partial charge >= 0.3 is 5.97 Å². The lowest BCUT2D eigenvalue weighted by Gasteiger charge is -2.00. The normalized spacial score (nSPS) is 10.4. The molecule has 1 aromatic heterocycles. The van der Waals surface area contributed by atoms with Gasteiger partial charge in [0.15, 0.2) is 11.5 Å². The first-order valence-electron chi connectivity index (χ1n) is 6.44. The highest BCUT2D eigenvalue weighted by Gasteiger charge is 2.22. The van der Waals surface area contributed by atoms with Crippen LogP contribution in [-0.2, 0) is 11.2 Å². The number of hydrogen-bond donors (Lipinski definition) is 0. The molecule has 0 aliphatic rings. The maximum absolute atomic E-state index is 11.9. The van der Waals surface area contributed by atoms with Crippen LogP contribution in [-0.4, -0.2) is 23.3 Å². The van der Waals surface area contributed by atoms with Crippen molar-refractivity contribution in [2.75, 3.05) is 6.61 Å². The Balaban J connectivity index is 2.34. The van der Waals surface area contributed by atoms with Gasteiger partial charge in [-0.1, -0.05) is 34.1 Å². The van der Waals surface area contributed by atoms with Crippen molar-refractivity contribution >= 4 is 39.0 Å².